The molecule has 5 atom stereocenters. The Bertz CT molecular complexity index is 204. The molecule has 0 aliphatic heterocycles. The Labute approximate surface area is 81.7 Å². The zero-order valence-electron chi connectivity index (χ0n) is 7.78. The zero-order valence-corrected chi connectivity index (χ0v) is 7.78. The number of rotatable bonds is 5. The summed E-state index contributed by atoms with van der Waals surface area (Å²) >= 11 is 0. The summed E-state index contributed by atoms with van der Waals surface area (Å²) in [4.78, 5) is 0. The van der Waals surface area contributed by atoms with Crippen LogP contribution in [-0.4, -0.2) is 56.6 Å². The van der Waals surface area contributed by atoms with E-state index in [2.05, 4.69) is 0 Å². The normalized spacial score (nSPS) is 21.8. The third-order valence-electron chi connectivity index (χ3n) is 2.00. The maximum absolute atomic E-state index is 9.28. The number of aliphatic hydroxyl groups excluding tert-OH is 5. The minimum atomic E-state index is -1.68. The molecule has 82 valence electrons. The van der Waals surface area contributed by atoms with Crippen LogP contribution in [0, 0.1) is 17.2 Å². The van der Waals surface area contributed by atoms with Gasteiger partial charge in [-0.3, -0.25) is 0 Å². The molecule has 3 unspecified atom stereocenters. The minimum absolute atomic E-state index is 0.730. The average Bonchev–Trinajstić information content (AvgIpc) is 2.23. The van der Waals surface area contributed by atoms with Crippen molar-refractivity contribution in [2.45, 2.75) is 31.3 Å². The molecule has 0 spiro atoms. The van der Waals surface area contributed by atoms with Crippen LogP contribution in [0.2, 0.25) is 0 Å². The monoisotopic (exact) mass is 205 g/mol. The highest BCUT2D eigenvalue weighted by molar-refractivity contribution is 4.91. The smallest absolute Gasteiger partial charge is 0.111 e. The van der Waals surface area contributed by atoms with Crippen molar-refractivity contribution in [3.05, 3.63) is 0 Å². The molecule has 14 heavy (non-hydrogen) atoms. The summed E-state index contributed by atoms with van der Waals surface area (Å²) in [6.45, 7) is 0.637. The average molecular weight is 205 g/mol. The summed E-state index contributed by atoms with van der Waals surface area (Å²) in [6, 6.07) is 1.69. The van der Waals surface area contributed by atoms with Crippen molar-refractivity contribution in [3.63, 3.8) is 0 Å². The quantitative estimate of drug-likeness (QED) is 0.340. The van der Waals surface area contributed by atoms with Crippen molar-refractivity contribution in [3.8, 4) is 6.07 Å². The Balaban J connectivity index is 4.31. The summed E-state index contributed by atoms with van der Waals surface area (Å²) in [5.41, 5.74) is 0. The number of nitrogens with zero attached hydrogens (tertiary/aromatic N) is 1. The van der Waals surface area contributed by atoms with Gasteiger partial charge in [-0.25, -0.2) is 0 Å². The van der Waals surface area contributed by atoms with E-state index in [1.165, 1.54) is 6.92 Å². The third kappa shape index (κ3) is 3.21. The van der Waals surface area contributed by atoms with Crippen LogP contribution in [0.1, 0.15) is 6.92 Å². The van der Waals surface area contributed by atoms with E-state index >= 15 is 0 Å². The summed E-state index contributed by atoms with van der Waals surface area (Å²) < 4.78 is 0. The van der Waals surface area contributed by atoms with Crippen molar-refractivity contribution >= 4 is 0 Å². The third-order valence-corrected chi connectivity index (χ3v) is 2.00. The van der Waals surface area contributed by atoms with Crippen molar-refractivity contribution in [2.75, 3.05) is 6.61 Å². The van der Waals surface area contributed by atoms with Gasteiger partial charge in [0.05, 0.1) is 24.7 Å². The molecule has 5 N–H and O–H groups in total. The molecule has 0 radical (unpaired) electrons. The lowest BCUT2D eigenvalue weighted by atomic mass is 9.95. The predicted molar refractivity (Wildman–Crippen MR) is 45.9 cm³/mol. The minimum Gasteiger partial charge on any atom is -0.394 e. The number of hydrogen-bond donors (Lipinski definition) is 5. The Morgan fingerprint density at radius 3 is 1.93 bits per heavy atom. The molecule has 6 heteroatoms. The van der Waals surface area contributed by atoms with E-state index in [1.54, 1.807) is 6.07 Å². The van der Waals surface area contributed by atoms with Crippen molar-refractivity contribution in [2.24, 2.45) is 5.92 Å². The largest absolute Gasteiger partial charge is 0.394 e. The van der Waals surface area contributed by atoms with Gasteiger partial charge in [-0.2, -0.15) is 5.26 Å². The lowest BCUT2D eigenvalue weighted by molar-refractivity contribution is -0.121. The summed E-state index contributed by atoms with van der Waals surface area (Å²) in [7, 11) is 0. The molecule has 6 nitrogen and oxygen atoms in total. The lowest BCUT2D eigenvalue weighted by Gasteiger charge is -2.26. The second-order valence-corrected chi connectivity index (χ2v) is 3.14. The maximum atomic E-state index is 9.28. The van der Waals surface area contributed by atoms with E-state index in [1.807, 2.05) is 0 Å². The van der Waals surface area contributed by atoms with Crippen LogP contribution in [0.4, 0.5) is 0 Å². The first-order valence-electron chi connectivity index (χ1n) is 4.18. The van der Waals surface area contributed by atoms with Gasteiger partial charge in [0, 0.05) is 0 Å². The fraction of sp³-hybridized carbons (Fsp3) is 0.875. The van der Waals surface area contributed by atoms with Gasteiger partial charge in [-0.1, -0.05) is 0 Å². The van der Waals surface area contributed by atoms with Gasteiger partial charge in [-0.05, 0) is 6.92 Å². The molecular formula is C8H15NO5. The lowest BCUT2D eigenvalue weighted by Crippen LogP contribution is -2.47. The fourth-order valence-electron chi connectivity index (χ4n) is 0.910. The van der Waals surface area contributed by atoms with Crippen molar-refractivity contribution in [1.29, 1.82) is 5.26 Å². The van der Waals surface area contributed by atoms with Crippen molar-refractivity contribution in [1.82, 2.24) is 0 Å². The van der Waals surface area contributed by atoms with Crippen LogP contribution in [-0.2, 0) is 0 Å². The van der Waals surface area contributed by atoms with E-state index in [4.69, 9.17) is 15.5 Å². The second kappa shape index (κ2) is 5.90. The Hall–Kier alpha value is -0.710. The number of aliphatic hydroxyl groups is 5. The van der Waals surface area contributed by atoms with Gasteiger partial charge in [0.15, 0.2) is 0 Å². The topological polar surface area (TPSA) is 125 Å². The van der Waals surface area contributed by atoms with Crippen LogP contribution in [0.5, 0.6) is 0 Å². The molecule has 0 saturated heterocycles. The fourth-order valence-corrected chi connectivity index (χ4v) is 0.910. The molecule has 0 heterocycles. The Kier molecular flexibility index (Phi) is 5.60. The Morgan fingerprint density at radius 1 is 1.07 bits per heavy atom. The standard InChI is InChI=1S/C8H15NO5/c1-4(2-9)6(12)8(14)7(13)5(11)3-10/h4-8,10-14H,3H2,1H3/t4?,5-,6?,7?,8-/m0/s1. The predicted octanol–water partition coefficient (Wildman–Crippen LogP) is -2.42. The first-order chi connectivity index (χ1) is 6.45. The van der Waals surface area contributed by atoms with Crippen LogP contribution in [0.3, 0.4) is 0 Å². The second-order valence-electron chi connectivity index (χ2n) is 3.14. The molecule has 0 fully saturated rings. The van der Waals surface area contributed by atoms with Gasteiger partial charge in [-0.15, -0.1) is 0 Å². The number of hydrogen-bond acceptors (Lipinski definition) is 6. The van der Waals surface area contributed by atoms with Gasteiger partial charge < -0.3 is 25.5 Å². The SMILES string of the molecule is CC(C#N)C(O)[C@H](O)C(O)[C@@H](O)CO. The first kappa shape index (κ1) is 13.3. The van der Waals surface area contributed by atoms with Gasteiger partial charge in [0.2, 0.25) is 0 Å². The molecule has 0 rings (SSSR count). The molecule has 0 aromatic carbocycles. The van der Waals surface area contributed by atoms with Crippen molar-refractivity contribution < 1.29 is 25.5 Å². The highest BCUT2D eigenvalue weighted by Crippen LogP contribution is 2.11. The molecule has 0 saturated carbocycles. The van der Waals surface area contributed by atoms with E-state index in [0.717, 1.165) is 0 Å². The van der Waals surface area contributed by atoms with E-state index in [-0.39, 0.29) is 0 Å². The van der Waals surface area contributed by atoms with Gasteiger partial charge in [0.25, 0.3) is 0 Å². The van der Waals surface area contributed by atoms with Crippen LogP contribution >= 0.6 is 0 Å². The van der Waals surface area contributed by atoms with E-state index in [9.17, 15) is 15.3 Å². The molecule has 0 aliphatic carbocycles. The highest BCUT2D eigenvalue weighted by Gasteiger charge is 2.32. The van der Waals surface area contributed by atoms with E-state index < -0.39 is 36.9 Å². The van der Waals surface area contributed by atoms with Crippen LogP contribution in [0.25, 0.3) is 0 Å². The zero-order chi connectivity index (χ0) is 11.3. The molecule has 0 bridgehead atoms. The molecule has 0 aromatic heterocycles. The highest BCUT2D eigenvalue weighted by atomic mass is 16.4. The Morgan fingerprint density at radius 2 is 1.57 bits per heavy atom. The maximum Gasteiger partial charge on any atom is 0.111 e. The first-order valence-corrected chi connectivity index (χ1v) is 4.18. The number of nitriles is 1. The summed E-state index contributed by atoms with van der Waals surface area (Å²) in [6.07, 6.45) is -6.33. The molecule has 0 amide bonds. The summed E-state index contributed by atoms with van der Waals surface area (Å²) in [5.74, 6) is -0.870. The van der Waals surface area contributed by atoms with Gasteiger partial charge in [0.1, 0.15) is 18.3 Å². The summed E-state index contributed by atoms with van der Waals surface area (Å²) in [5, 5.41) is 53.5. The molecular weight excluding hydrogens is 190 g/mol. The van der Waals surface area contributed by atoms with Gasteiger partial charge >= 0.3 is 0 Å². The molecule has 0 aliphatic rings. The van der Waals surface area contributed by atoms with E-state index in [0.29, 0.717) is 0 Å². The van der Waals surface area contributed by atoms with Crippen LogP contribution < -0.4 is 0 Å². The van der Waals surface area contributed by atoms with Crippen LogP contribution in [0.15, 0.2) is 0 Å². The molecule has 0 aromatic rings.